The number of methoxy groups -OCH3 is 2. The van der Waals surface area contributed by atoms with Gasteiger partial charge in [-0.2, -0.15) is 0 Å². The van der Waals surface area contributed by atoms with Gasteiger partial charge in [0.15, 0.2) is 0 Å². The highest BCUT2D eigenvalue weighted by molar-refractivity contribution is 5.87. The van der Waals surface area contributed by atoms with Gasteiger partial charge in [-0.3, -0.25) is 0 Å². The third kappa shape index (κ3) is 6.72. The minimum atomic E-state index is -1.36. The van der Waals surface area contributed by atoms with Crippen molar-refractivity contribution in [1.29, 1.82) is 0 Å². The summed E-state index contributed by atoms with van der Waals surface area (Å²) in [5, 5.41) is 12.7. The number of hydrogen-bond acceptors (Lipinski definition) is 6. The molecule has 1 saturated carbocycles. The second-order valence-corrected chi connectivity index (χ2v) is 9.26. The third-order valence-electron chi connectivity index (χ3n) is 6.88. The lowest BCUT2D eigenvalue weighted by Crippen LogP contribution is -2.66. The maximum atomic E-state index is 13.6. The van der Waals surface area contributed by atoms with Crippen LogP contribution in [0.3, 0.4) is 0 Å². The largest absolute Gasteiger partial charge is 0.496 e. The molecule has 0 aliphatic heterocycles. The number of carboxylic acids is 1. The number of urea groups is 1. The zero-order valence-corrected chi connectivity index (χ0v) is 22.3. The summed E-state index contributed by atoms with van der Waals surface area (Å²) in [6.07, 6.45) is 0.258. The van der Waals surface area contributed by atoms with Crippen LogP contribution in [-0.2, 0) is 20.9 Å². The first-order valence-corrected chi connectivity index (χ1v) is 12.5. The molecule has 37 heavy (non-hydrogen) atoms. The van der Waals surface area contributed by atoms with Crippen molar-refractivity contribution < 1.29 is 33.6 Å². The molecule has 0 saturated heterocycles. The molecule has 0 spiro atoms. The van der Waals surface area contributed by atoms with E-state index in [0.717, 1.165) is 16.7 Å². The lowest BCUT2D eigenvalue weighted by atomic mass is 9.74. The van der Waals surface area contributed by atoms with E-state index in [1.807, 2.05) is 63.2 Å². The first-order chi connectivity index (χ1) is 17.7. The number of carbonyl (C=O) groups excluding carboxylic acids is 1. The SMILES string of the molecule is CCOC1CC(NC(=O)N(CCOCc2ccccc2)[C@H](C)c2cc(OC)c(C)c(OC)c2)(C(=O)O)C1. The molecule has 1 aliphatic carbocycles. The molecule has 2 N–H and O–H groups in total. The molecule has 9 heteroatoms. The highest BCUT2D eigenvalue weighted by Crippen LogP contribution is 2.37. The smallest absolute Gasteiger partial charge is 0.329 e. The molecule has 0 aromatic heterocycles. The molecule has 2 aromatic carbocycles. The Morgan fingerprint density at radius 2 is 1.76 bits per heavy atom. The van der Waals surface area contributed by atoms with E-state index in [4.69, 9.17) is 18.9 Å². The van der Waals surface area contributed by atoms with Gasteiger partial charge in [-0.1, -0.05) is 30.3 Å². The van der Waals surface area contributed by atoms with Crippen LogP contribution in [0.25, 0.3) is 0 Å². The van der Waals surface area contributed by atoms with Crippen LogP contribution in [-0.4, -0.2) is 67.6 Å². The lowest BCUT2D eigenvalue weighted by molar-refractivity contribution is -0.156. The predicted octanol–water partition coefficient (Wildman–Crippen LogP) is 4.32. The number of carboxylic acid groups (broad SMARTS) is 1. The topological polar surface area (TPSA) is 107 Å². The van der Waals surface area contributed by atoms with Gasteiger partial charge >= 0.3 is 12.0 Å². The maximum absolute atomic E-state index is 13.6. The number of nitrogens with zero attached hydrogens (tertiary/aromatic N) is 1. The number of benzene rings is 2. The standard InChI is InChI=1S/C28H38N2O7/c1-6-37-23-16-28(17-23,26(31)32)29-27(33)30(12-13-36-18-21-10-8-7-9-11-21)20(3)22-14-24(34-4)19(2)25(15-22)35-5/h7-11,14-15,20,23H,6,12-13,16-18H2,1-5H3,(H,29,33)(H,31,32)/t20-,23?,28?/m1/s1. The van der Waals surface area contributed by atoms with Crippen molar-refractivity contribution >= 4 is 12.0 Å². The monoisotopic (exact) mass is 514 g/mol. The van der Waals surface area contributed by atoms with Gasteiger partial charge in [-0.15, -0.1) is 0 Å². The lowest BCUT2D eigenvalue weighted by Gasteiger charge is -2.45. The van der Waals surface area contributed by atoms with Crippen LogP contribution < -0.4 is 14.8 Å². The van der Waals surface area contributed by atoms with Gasteiger partial charge in [0, 0.05) is 31.6 Å². The number of ether oxygens (including phenoxy) is 4. The Hall–Kier alpha value is -3.30. The first kappa shape index (κ1) is 28.3. The van der Waals surface area contributed by atoms with Crippen molar-refractivity contribution in [1.82, 2.24) is 10.2 Å². The van der Waals surface area contributed by atoms with Crippen LogP contribution in [0.2, 0.25) is 0 Å². The molecule has 0 heterocycles. The van der Waals surface area contributed by atoms with Crippen molar-refractivity contribution in [3.8, 4) is 11.5 Å². The molecule has 1 atom stereocenters. The van der Waals surface area contributed by atoms with Crippen molar-refractivity contribution in [2.45, 2.75) is 57.9 Å². The molecule has 0 bridgehead atoms. The maximum Gasteiger partial charge on any atom is 0.329 e. The van der Waals surface area contributed by atoms with Crippen LogP contribution in [0.1, 0.15) is 49.4 Å². The molecule has 1 aliphatic rings. The quantitative estimate of drug-likeness (QED) is 0.383. The van der Waals surface area contributed by atoms with Gasteiger partial charge in [0.05, 0.1) is 39.6 Å². The van der Waals surface area contributed by atoms with E-state index in [-0.39, 0.29) is 32.1 Å². The minimum absolute atomic E-state index is 0.188. The summed E-state index contributed by atoms with van der Waals surface area (Å²) in [4.78, 5) is 27.3. The van der Waals surface area contributed by atoms with Gasteiger partial charge < -0.3 is 34.3 Å². The fourth-order valence-corrected chi connectivity index (χ4v) is 4.60. The van der Waals surface area contributed by atoms with Gasteiger partial charge in [-0.25, -0.2) is 9.59 Å². The molecule has 1 fully saturated rings. The van der Waals surface area contributed by atoms with E-state index in [1.165, 1.54) is 0 Å². The fourth-order valence-electron chi connectivity index (χ4n) is 4.60. The van der Waals surface area contributed by atoms with Gasteiger partial charge in [0.25, 0.3) is 0 Å². The third-order valence-corrected chi connectivity index (χ3v) is 6.88. The Labute approximate surface area is 218 Å². The molecule has 3 rings (SSSR count). The fraction of sp³-hybridized carbons (Fsp3) is 0.500. The van der Waals surface area contributed by atoms with Crippen molar-refractivity contribution in [3.05, 3.63) is 59.2 Å². The summed E-state index contributed by atoms with van der Waals surface area (Å²) in [6.45, 7) is 7.08. The normalized spacial score (nSPS) is 19.4. The van der Waals surface area contributed by atoms with Crippen LogP contribution in [0.15, 0.2) is 42.5 Å². The van der Waals surface area contributed by atoms with Gasteiger partial charge in [0.2, 0.25) is 0 Å². The number of rotatable bonds is 13. The molecular formula is C28H38N2O7. The van der Waals surface area contributed by atoms with E-state index >= 15 is 0 Å². The summed E-state index contributed by atoms with van der Waals surface area (Å²) in [5.74, 6) is 0.216. The second kappa shape index (κ2) is 12.8. The molecular weight excluding hydrogens is 476 g/mol. The van der Waals surface area contributed by atoms with Crippen molar-refractivity contribution in [2.75, 3.05) is 34.0 Å². The van der Waals surface area contributed by atoms with E-state index in [1.54, 1.807) is 19.1 Å². The summed E-state index contributed by atoms with van der Waals surface area (Å²) in [6, 6.07) is 12.6. The zero-order valence-electron chi connectivity index (χ0n) is 22.3. The zero-order chi connectivity index (χ0) is 27.0. The van der Waals surface area contributed by atoms with Crippen molar-refractivity contribution in [2.24, 2.45) is 0 Å². The molecule has 0 radical (unpaired) electrons. The van der Waals surface area contributed by atoms with Crippen LogP contribution >= 0.6 is 0 Å². The molecule has 9 nitrogen and oxygen atoms in total. The summed E-state index contributed by atoms with van der Waals surface area (Å²) >= 11 is 0. The Morgan fingerprint density at radius 1 is 1.14 bits per heavy atom. The van der Waals surface area contributed by atoms with Gasteiger partial charge in [-0.05, 0) is 44.0 Å². The summed E-state index contributed by atoms with van der Waals surface area (Å²) in [7, 11) is 3.17. The minimum Gasteiger partial charge on any atom is -0.496 e. The Balaban J connectivity index is 1.80. The van der Waals surface area contributed by atoms with E-state index in [2.05, 4.69) is 5.32 Å². The first-order valence-electron chi connectivity index (χ1n) is 12.5. The van der Waals surface area contributed by atoms with E-state index in [9.17, 15) is 14.7 Å². The highest BCUT2D eigenvalue weighted by Gasteiger charge is 2.53. The van der Waals surface area contributed by atoms with E-state index in [0.29, 0.717) is 24.7 Å². The predicted molar refractivity (Wildman–Crippen MR) is 139 cm³/mol. The van der Waals surface area contributed by atoms with Crippen LogP contribution in [0.4, 0.5) is 4.79 Å². The highest BCUT2D eigenvalue weighted by atomic mass is 16.5. The number of aliphatic carboxylic acids is 1. The molecule has 202 valence electrons. The summed E-state index contributed by atoms with van der Waals surface area (Å²) < 4.78 is 22.5. The van der Waals surface area contributed by atoms with Crippen LogP contribution in [0.5, 0.6) is 11.5 Å². The Bertz CT molecular complexity index is 1030. The number of nitrogens with one attached hydrogen (secondary N) is 1. The number of hydrogen-bond donors (Lipinski definition) is 2. The number of carbonyl (C=O) groups is 2. The van der Waals surface area contributed by atoms with Crippen LogP contribution in [0, 0.1) is 6.92 Å². The average Bonchev–Trinajstić information content (AvgIpc) is 2.87. The Kier molecular flexibility index (Phi) is 9.77. The second-order valence-electron chi connectivity index (χ2n) is 9.26. The summed E-state index contributed by atoms with van der Waals surface area (Å²) in [5.41, 5.74) is 1.32. The average molecular weight is 515 g/mol. The van der Waals surface area contributed by atoms with Crippen molar-refractivity contribution in [3.63, 3.8) is 0 Å². The molecule has 0 unspecified atom stereocenters. The number of amides is 2. The molecule has 2 amide bonds. The molecule has 2 aromatic rings. The van der Waals surface area contributed by atoms with Gasteiger partial charge in [0.1, 0.15) is 17.0 Å². The van der Waals surface area contributed by atoms with E-state index < -0.39 is 23.6 Å². The Morgan fingerprint density at radius 3 is 2.30 bits per heavy atom.